The van der Waals surface area contributed by atoms with Gasteiger partial charge in [0.1, 0.15) is 0 Å². The van der Waals surface area contributed by atoms with Crippen molar-refractivity contribution < 1.29 is 9.90 Å². The molecule has 0 radical (unpaired) electrons. The van der Waals surface area contributed by atoms with Crippen LogP contribution in [0.25, 0.3) is 0 Å². The Labute approximate surface area is 108 Å². The molecule has 100 valence electrons. The average Bonchev–Trinajstić information content (AvgIpc) is 2.87. The molecule has 0 aliphatic heterocycles. The summed E-state index contributed by atoms with van der Waals surface area (Å²) < 4.78 is 1.89. The van der Waals surface area contributed by atoms with E-state index in [9.17, 15) is 9.90 Å². The van der Waals surface area contributed by atoms with Gasteiger partial charge in [-0.25, -0.2) is 0 Å². The molecule has 1 N–H and O–H groups in total. The number of nitrogens with zero attached hydrogens (tertiary/aromatic N) is 2. The van der Waals surface area contributed by atoms with Gasteiger partial charge in [0.25, 0.3) is 0 Å². The number of hydrogen-bond acceptors (Lipinski definition) is 2. The van der Waals surface area contributed by atoms with Gasteiger partial charge in [-0.15, -0.1) is 0 Å². The van der Waals surface area contributed by atoms with E-state index in [1.54, 1.807) is 0 Å². The van der Waals surface area contributed by atoms with Crippen LogP contribution in [0.2, 0.25) is 0 Å². The average molecular weight is 250 g/mol. The van der Waals surface area contributed by atoms with Crippen LogP contribution in [-0.4, -0.2) is 20.9 Å². The molecular formula is C14H22N2O2. The highest BCUT2D eigenvalue weighted by Crippen LogP contribution is 2.44. The van der Waals surface area contributed by atoms with Crippen molar-refractivity contribution in [1.29, 1.82) is 0 Å². The Kier molecular flexibility index (Phi) is 3.46. The second kappa shape index (κ2) is 4.75. The fourth-order valence-corrected chi connectivity index (χ4v) is 2.93. The number of hydrogen-bond donors (Lipinski definition) is 1. The van der Waals surface area contributed by atoms with Gasteiger partial charge in [0.05, 0.1) is 11.1 Å². The molecule has 1 heterocycles. The Hall–Kier alpha value is -1.32. The molecule has 2 atom stereocenters. The van der Waals surface area contributed by atoms with Crippen LogP contribution in [0.3, 0.4) is 0 Å². The van der Waals surface area contributed by atoms with E-state index in [0.717, 1.165) is 25.0 Å². The molecule has 1 aliphatic carbocycles. The SMILES string of the molecule is CC1CCC(Cc2ccn(C(C)C)n2)(C(=O)O)C1. The van der Waals surface area contributed by atoms with E-state index in [0.29, 0.717) is 18.4 Å². The van der Waals surface area contributed by atoms with Crippen molar-refractivity contribution >= 4 is 5.97 Å². The minimum absolute atomic E-state index is 0.321. The van der Waals surface area contributed by atoms with Crippen molar-refractivity contribution in [3.05, 3.63) is 18.0 Å². The van der Waals surface area contributed by atoms with Gasteiger partial charge in [0.2, 0.25) is 0 Å². The first-order valence-electron chi connectivity index (χ1n) is 6.70. The number of aliphatic carboxylic acids is 1. The van der Waals surface area contributed by atoms with Crippen LogP contribution >= 0.6 is 0 Å². The molecule has 18 heavy (non-hydrogen) atoms. The molecule has 0 aromatic carbocycles. The zero-order valence-corrected chi connectivity index (χ0v) is 11.4. The Balaban J connectivity index is 2.16. The summed E-state index contributed by atoms with van der Waals surface area (Å²) in [6, 6.07) is 2.27. The molecule has 2 rings (SSSR count). The lowest BCUT2D eigenvalue weighted by molar-refractivity contribution is -0.148. The predicted octanol–water partition coefficient (Wildman–Crippen LogP) is 2.90. The van der Waals surface area contributed by atoms with Crippen LogP contribution in [0.15, 0.2) is 12.3 Å². The van der Waals surface area contributed by atoms with E-state index in [4.69, 9.17) is 0 Å². The van der Waals surface area contributed by atoms with Crippen molar-refractivity contribution in [2.24, 2.45) is 11.3 Å². The third-order valence-electron chi connectivity index (χ3n) is 4.02. The van der Waals surface area contributed by atoms with Gasteiger partial charge < -0.3 is 5.11 Å². The topological polar surface area (TPSA) is 55.1 Å². The molecule has 0 amide bonds. The third kappa shape index (κ3) is 2.42. The van der Waals surface area contributed by atoms with Crippen LogP contribution in [0, 0.1) is 11.3 Å². The number of carboxylic acids is 1. The quantitative estimate of drug-likeness (QED) is 0.894. The van der Waals surface area contributed by atoms with E-state index in [-0.39, 0.29) is 0 Å². The fraction of sp³-hybridized carbons (Fsp3) is 0.714. The lowest BCUT2D eigenvalue weighted by Crippen LogP contribution is -2.31. The highest BCUT2D eigenvalue weighted by Gasteiger charge is 2.44. The zero-order chi connectivity index (χ0) is 13.3. The lowest BCUT2D eigenvalue weighted by atomic mass is 9.81. The molecule has 0 saturated heterocycles. The normalized spacial score (nSPS) is 27.9. The van der Waals surface area contributed by atoms with Crippen LogP contribution < -0.4 is 0 Å². The van der Waals surface area contributed by atoms with E-state index in [1.165, 1.54) is 0 Å². The van der Waals surface area contributed by atoms with Crippen molar-refractivity contribution in [2.45, 2.75) is 52.5 Å². The molecule has 4 nitrogen and oxygen atoms in total. The number of rotatable bonds is 4. The Morgan fingerprint density at radius 1 is 1.67 bits per heavy atom. The third-order valence-corrected chi connectivity index (χ3v) is 4.02. The maximum absolute atomic E-state index is 11.6. The molecule has 0 spiro atoms. The van der Waals surface area contributed by atoms with Crippen LogP contribution in [0.5, 0.6) is 0 Å². The number of aromatic nitrogens is 2. The molecule has 1 aromatic heterocycles. The van der Waals surface area contributed by atoms with Gasteiger partial charge in [0.15, 0.2) is 0 Å². The molecular weight excluding hydrogens is 228 g/mol. The first-order valence-corrected chi connectivity index (χ1v) is 6.70. The first-order chi connectivity index (χ1) is 8.43. The monoisotopic (exact) mass is 250 g/mol. The zero-order valence-electron chi connectivity index (χ0n) is 11.4. The first kappa shape index (κ1) is 13.1. The van der Waals surface area contributed by atoms with Gasteiger partial charge in [-0.1, -0.05) is 6.92 Å². The van der Waals surface area contributed by atoms with Crippen molar-refractivity contribution in [2.75, 3.05) is 0 Å². The van der Waals surface area contributed by atoms with Crippen molar-refractivity contribution in [3.63, 3.8) is 0 Å². The Morgan fingerprint density at radius 3 is 2.83 bits per heavy atom. The summed E-state index contributed by atoms with van der Waals surface area (Å²) in [6.45, 7) is 6.28. The maximum atomic E-state index is 11.6. The van der Waals surface area contributed by atoms with Crippen molar-refractivity contribution in [3.8, 4) is 0 Å². The molecule has 4 heteroatoms. The molecule has 1 fully saturated rings. The summed E-state index contributed by atoms with van der Waals surface area (Å²) in [7, 11) is 0. The Morgan fingerprint density at radius 2 is 2.39 bits per heavy atom. The molecule has 1 aromatic rings. The smallest absolute Gasteiger partial charge is 0.310 e. The standard InChI is InChI=1S/C14H22N2O2/c1-10(2)16-7-5-12(15-16)9-14(13(17)18)6-4-11(3)8-14/h5,7,10-11H,4,6,8-9H2,1-3H3,(H,17,18). The van der Waals surface area contributed by atoms with Gasteiger partial charge in [0, 0.05) is 18.7 Å². The van der Waals surface area contributed by atoms with Gasteiger partial charge >= 0.3 is 5.97 Å². The second-order valence-corrected chi connectivity index (χ2v) is 5.99. The summed E-state index contributed by atoms with van der Waals surface area (Å²) in [5.41, 5.74) is 0.315. The molecule has 1 aliphatic rings. The van der Waals surface area contributed by atoms with Crippen molar-refractivity contribution in [1.82, 2.24) is 9.78 Å². The fourth-order valence-electron chi connectivity index (χ4n) is 2.93. The predicted molar refractivity (Wildman–Crippen MR) is 69.4 cm³/mol. The van der Waals surface area contributed by atoms with Gasteiger partial charge in [-0.05, 0) is 45.1 Å². The van der Waals surface area contributed by atoms with E-state index < -0.39 is 11.4 Å². The van der Waals surface area contributed by atoms with E-state index in [2.05, 4.69) is 25.9 Å². The lowest BCUT2D eigenvalue weighted by Gasteiger charge is -2.23. The highest BCUT2D eigenvalue weighted by molar-refractivity contribution is 5.75. The van der Waals surface area contributed by atoms with E-state index >= 15 is 0 Å². The van der Waals surface area contributed by atoms with E-state index in [1.807, 2.05) is 16.9 Å². The second-order valence-electron chi connectivity index (χ2n) is 5.99. The summed E-state index contributed by atoms with van der Waals surface area (Å²) in [5.74, 6) is -0.153. The summed E-state index contributed by atoms with van der Waals surface area (Å²) >= 11 is 0. The largest absolute Gasteiger partial charge is 0.481 e. The number of carboxylic acid groups (broad SMARTS) is 1. The Bertz CT molecular complexity index is 439. The summed E-state index contributed by atoms with van der Waals surface area (Å²) in [4.78, 5) is 11.6. The maximum Gasteiger partial charge on any atom is 0.310 e. The van der Waals surface area contributed by atoms with Crippen LogP contribution in [0.1, 0.15) is 51.8 Å². The molecule has 0 bridgehead atoms. The van der Waals surface area contributed by atoms with Crippen LogP contribution in [-0.2, 0) is 11.2 Å². The summed E-state index contributed by atoms with van der Waals surface area (Å²) in [6.07, 6.45) is 5.06. The number of carbonyl (C=O) groups is 1. The highest BCUT2D eigenvalue weighted by atomic mass is 16.4. The van der Waals surface area contributed by atoms with Gasteiger partial charge in [-0.3, -0.25) is 9.48 Å². The minimum atomic E-state index is -0.661. The van der Waals surface area contributed by atoms with Crippen LogP contribution in [0.4, 0.5) is 0 Å². The summed E-state index contributed by atoms with van der Waals surface area (Å²) in [5, 5.41) is 14.0. The van der Waals surface area contributed by atoms with Gasteiger partial charge in [-0.2, -0.15) is 5.10 Å². The molecule has 1 saturated carbocycles. The molecule has 2 unspecified atom stereocenters. The minimum Gasteiger partial charge on any atom is -0.481 e.